The topological polar surface area (TPSA) is 184 Å². The lowest BCUT2D eigenvalue weighted by Gasteiger charge is -2.25. The summed E-state index contributed by atoms with van der Waals surface area (Å²) in [5, 5.41) is 22.4. The summed E-state index contributed by atoms with van der Waals surface area (Å²) in [5.74, 6) is -0.536. The Morgan fingerprint density at radius 1 is 0.689 bits per heavy atom. The molecule has 0 atom stereocenters. The highest BCUT2D eigenvalue weighted by Gasteiger charge is 2.40. The molecule has 0 saturated heterocycles. The zero-order chi connectivity index (χ0) is 32.4. The number of nitro benzene ring substituents is 2. The average molecular weight is 646 g/mol. The SMILES string of the molecule is Cc1ccc(-c2cnc(N(S(=O)(=O)c3ccc([N+](=O)[O-])cc3)S(=O)(=O)c3ccc([N+](=O)[O-])cc3)c(Cc3ccccc3)n2)cc1. The molecular weight excluding hydrogens is 622 g/mol. The minimum Gasteiger partial charge on any atom is -0.258 e. The van der Waals surface area contributed by atoms with Crippen LogP contribution in [0.2, 0.25) is 0 Å². The van der Waals surface area contributed by atoms with E-state index in [-0.39, 0.29) is 15.8 Å². The quantitative estimate of drug-likeness (QED) is 0.140. The third-order valence-corrected chi connectivity index (χ3v) is 10.8. The number of hydrogen-bond donors (Lipinski definition) is 0. The van der Waals surface area contributed by atoms with Gasteiger partial charge in [-0.15, -0.1) is 3.71 Å². The van der Waals surface area contributed by atoms with Gasteiger partial charge in [-0.3, -0.25) is 20.2 Å². The van der Waals surface area contributed by atoms with Crippen molar-refractivity contribution in [2.24, 2.45) is 0 Å². The summed E-state index contributed by atoms with van der Waals surface area (Å²) in [6.07, 6.45) is 1.23. The number of aromatic nitrogens is 2. The van der Waals surface area contributed by atoms with Crippen LogP contribution in [-0.4, -0.2) is 36.7 Å². The van der Waals surface area contributed by atoms with Crippen molar-refractivity contribution in [1.29, 1.82) is 0 Å². The second kappa shape index (κ2) is 12.2. The minimum absolute atomic E-state index is 0.00440. The number of aryl methyl sites for hydroxylation is 1. The van der Waals surface area contributed by atoms with Crippen molar-refractivity contribution < 1.29 is 26.7 Å². The van der Waals surface area contributed by atoms with Crippen molar-refractivity contribution in [1.82, 2.24) is 9.97 Å². The van der Waals surface area contributed by atoms with Crippen molar-refractivity contribution in [3.63, 3.8) is 0 Å². The number of rotatable bonds is 10. The molecule has 228 valence electrons. The number of sulfonamides is 2. The molecule has 0 unspecified atom stereocenters. The van der Waals surface area contributed by atoms with Crippen LogP contribution in [0.5, 0.6) is 0 Å². The monoisotopic (exact) mass is 645 g/mol. The van der Waals surface area contributed by atoms with E-state index in [1.165, 1.54) is 6.20 Å². The van der Waals surface area contributed by atoms with Gasteiger partial charge in [0.25, 0.3) is 31.4 Å². The molecule has 0 N–H and O–H groups in total. The van der Waals surface area contributed by atoms with Crippen LogP contribution in [0.3, 0.4) is 0 Å². The molecule has 1 aromatic heterocycles. The second-order valence-corrected chi connectivity index (χ2v) is 13.6. The Morgan fingerprint density at radius 2 is 1.18 bits per heavy atom. The number of benzene rings is 4. The molecule has 0 amide bonds. The molecule has 0 aliphatic carbocycles. The largest absolute Gasteiger partial charge is 0.279 e. The van der Waals surface area contributed by atoms with Gasteiger partial charge in [-0.25, -0.2) is 9.97 Å². The fourth-order valence-electron chi connectivity index (χ4n) is 4.37. The normalized spacial score (nSPS) is 11.6. The van der Waals surface area contributed by atoms with Gasteiger partial charge in [0.05, 0.1) is 37.2 Å². The summed E-state index contributed by atoms with van der Waals surface area (Å²) in [6, 6.07) is 23.5. The second-order valence-electron chi connectivity index (χ2n) is 9.76. The first kappa shape index (κ1) is 30.9. The molecule has 0 bridgehead atoms. The van der Waals surface area contributed by atoms with E-state index >= 15 is 0 Å². The number of anilines is 1. The summed E-state index contributed by atoms with van der Waals surface area (Å²) >= 11 is 0. The lowest BCUT2D eigenvalue weighted by atomic mass is 10.1. The first-order chi connectivity index (χ1) is 21.4. The molecule has 15 heteroatoms. The highest BCUT2D eigenvalue weighted by Crippen LogP contribution is 2.34. The summed E-state index contributed by atoms with van der Waals surface area (Å²) in [5.41, 5.74) is 1.84. The zero-order valence-corrected chi connectivity index (χ0v) is 25.1. The Bertz CT molecular complexity index is 2020. The maximum atomic E-state index is 14.2. The predicted molar refractivity (Wildman–Crippen MR) is 164 cm³/mol. The Morgan fingerprint density at radius 3 is 1.64 bits per heavy atom. The highest BCUT2D eigenvalue weighted by atomic mass is 32.3. The van der Waals surface area contributed by atoms with E-state index in [4.69, 9.17) is 0 Å². The predicted octanol–water partition coefficient (Wildman–Crippen LogP) is 5.44. The Labute approximate surface area is 257 Å². The lowest BCUT2D eigenvalue weighted by Crippen LogP contribution is -2.38. The van der Waals surface area contributed by atoms with Crippen molar-refractivity contribution in [3.05, 3.63) is 146 Å². The van der Waals surface area contributed by atoms with Crippen LogP contribution >= 0.6 is 0 Å². The standard InChI is InChI=1S/C30H23N5O8S2/c1-21-7-9-23(10-8-21)29-20-31-30(28(32-29)19-22-5-3-2-4-6-22)35(44(40,41)26-15-11-24(12-16-26)33(36)37)45(42,43)27-17-13-25(14-18-27)34(38)39/h2-18,20H,19H2,1H3. The molecule has 5 aromatic rings. The van der Waals surface area contributed by atoms with Gasteiger partial charge in [-0.05, 0) is 36.8 Å². The van der Waals surface area contributed by atoms with E-state index in [0.29, 0.717) is 16.8 Å². The summed E-state index contributed by atoms with van der Waals surface area (Å²) < 4.78 is 56.9. The fourth-order valence-corrected chi connectivity index (χ4v) is 8.03. The Balaban J connectivity index is 1.76. The van der Waals surface area contributed by atoms with Crippen LogP contribution in [0.1, 0.15) is 16.8 Å². The van der Waals surface area contributed by atoms with Crippen LogP contribution in [0.25, 0.3) is 11.3 Å². The van der Waals surface area contributed by atoms with Crippen molar-refractivity contribution in [2.45, 2.75) is 23.1 Å². The van der Waals surface area contributed by atoms with Crippen LogP contribution in [0.15, 0.2) is 119 Å². The van der Waals surface area contributed by atoms with Gasteiger partial charge in [0.2, 0.25) is 0 Å². The van der Waals surface area contributed by atoms with Gasteiger partial charge in [-0.1, -0.05) is 60.2 Å². The summed E-state index contributed by atoms with van der Waals surface area (Å²) in [6.45, 7) is 1.91. The smallest absolute Gasteiger partial charge is 0.258 e. The molecule has 0 fully saturated rings. The van der Waals surface area contributed by atoms with Crippen LogP contribution in [0, 0.1) is 27.2 Å². The molecule has 0 spiro atoms. The maximum Gasteiger partial charge on any atom is 0.279 e. The number of hydrogen-bond acceptors (Lipinski definition) is 10. The van der Waals surface area contributed by atoms with Gasteiger partial charge >= 0.3 is 0 Å². The molecular formula is C30H23N5O8S2. The van der Waals surface area contributed by atoms with E-state index in [1.807, 2.05) is 19.1 Å². The van der Waals surface area contributed by atoms with Crippen molar-refractivity contribution >= 4 is 37.2 Å². The average Bonchev–Trinajstić information content (AvgIpc) is 3.02. The molecule has 0 saturated carbocycles. The molecule has 45 heavy (non-hydrogen) atoms. The van der Waals surface area contributed by atoms with Gasteiger partial charge in [0.15, 0.2) is 5.82 Å². The Kier molecular flexibility index (Phi) is 8.39. The van der Waals surface area contributed by atoms with Gasteiger partial charge in [0, 0.05) is 36.2 Å². The van der Waals surface area contributed by atoms with Crippen LogP contribution in [0.4, 0.5) is 17.2 Å². The summed E-state index contributed by atoms with van der Waals surface area (Å²) in [7, 11) is -10.1. The van der Waals surface area contributed by atoms with Crippen molar-refractivity contribution in [3.8, 4) is 11.3 Å². The number of non-ortho nitro benzene ring substituents is 2. The van der Waals surface area contributed by atoms with E-state index in [9.17, 15) is 37.1 Å². The molecule has 1 heterocycles. The van der Waals surface area contributed by atoms with E-state index in [2.05, 4.69) is 9.97 Å². The first-order valence-corrected chi connectivity index (χ1v) is 16.0. The third kappa shape index (κ3) is 6.39. The van der Waals surface area contributed by atoms with Crippen molar-refractivity contribution in [2.75, 3.05) is 3.71 Å². The minimum atomic E-state index is -5.04. The zero-order valence-electron chi connectivity index (χ0n) is 23.4. The number of nitrogens with zero attached hydrogens (tertiary/aromatic N) is 5. The summed E-state index contributed by atoms with van der Waals surface area (Å²) in [4.78, 5) is 28.8. The first-order valence-electron chi connectivity index (χ1n) is 13.1. The molecule has 5 rings (SSSR count). The van der Waals surface area contributed by atoms with E-state index < -0.39 is 56.9 Å². The van der Waals surface area contributed by atoms with Crippen LogP contribution < -0.4 is 3.71 Å². The molecule has 0 radical (unpaired) electrons. The highest BCUT2D eigenvalue weighted by molar-refractivity contribution is 8.10. The van der Waals surface area contributed by atoms with E-state index in [0.717, 1.165) is 54.1 Å². The van der Waals surface area contributed by atoms with Gasteiger partial charge in [0.1, 0.15) is 0 Å². The lowest BCUT2D eigenvalue weighted by molar-refractivity contribution is -0.385. The Hall–Kier alpha value is -5.54. The molecule has 0 aliphatic rings. The van der Waals surface area contributed by atoms with E-state index in [1.54, 1.807) is 42.5 Å². The number of nitro groups is 2. The molecule has 4 aromatic carbocycles. The maximum absolute atomic E-state index is 14.2. The fraction of sp³-hybridized carbons (Fsp3) is 0.0667. The molecule has 13 nitrogen and oxygen atoms in total. The van der Waals surface area contributed by atoms with Gasteiger partial charge < -0.3 is 0 Å². The van der Waals surface area contributed by atoms with Gasteiger partial charge in [-0.2, -0.15) is 16.8 Å². The van der Waals surface area contributed by atoms with Crippen LogP contribution in [-0.2, 0) is 26.5 Å². The molecule has 0 aliphatic heterocycles. The third-order valence-electron chi connectivity index (χ3n) is 6.68.